The van der Waals surface area contributed by atoms with Crippen LogP contribution in [0.2, 0.25) is 5.02 Å². The summed E-state index contributed by atoms with van der Waals surface area (Å²) in [7, 11) is 0. The number of aliphatic hydroxyl groups is 1. The van der Waals surface area contributed by atoms with Gasteiger partial charge in [0.05, 0.1) is 6.10 Å². The molecule has 0 radical (unpaired) electrons. The van der Waals surface area contributed by atoms with Crippen LogP contribution < -0.4 is 0 Å². The first-order chi connectivity index (χ1) is 15.7. The molecule has 0 saturated heterocycles. The minimum absolute atomic E-state index is 0.0251. The first kappa shape index (κ1) is 24.3. The van der Waals surface area contributed by atoms with Crippen LogP contribution in [0.5, 0.6) is 0 Å². The standard InChI is InChI=1S/C27H33ClO2.C3H4/c1-15(2)21-13-17(5-10-24(21)28)22-14-27(3)23(9-11-25(27)30)20-7-4-16-12-18(29)6-8-19(16)26(20)22;1-3-2/h5,10,12-13,15,20,22-23,25,30H,4,6-9,11,14H2,1-3H3;1H,2H3. The molecular weight excluding hydrogens is 428 g/mol. The van der Waals surface area contributed by atoms with Crippen molar-refractivity contribution in [3.05, 3.63) is 57.1 Å². The van der Waals surface area contributed by atoms with Crippen molar-refractivity contribution >= 4 is 17.4 Å². The van der Waals surface area contributed by atoms with E-state index >= 15 is 0 Å². The van der Waals surface area contributed by atoms with E-state index in [1.807, 2.05) is 6.08 Å². The third-order valence-corrected chi connectivity index (χ3v) is 9.07. The third-order valence-electron chi connectivity index (χ3n) is 8.73. The number of rotatable bonds is 2. The van der Waals surface area contributed by atoms with Gasteiger partial charge in [-0.1, -0.05) is 50.1 Å². The second-order valence-corrected chi connectivity index (χ2v) is 11.3. The zero-order valence-electron chi connectivity index (χ0n) is 20.5. The van der Waals surface area contributed by atoms with Crippen LogP contribution in [0.3, 0.4) is 0 Å². The van der Waals surface area contributed by atoms with Crippen molar-refractivity contribution in [3.63, 3.8) is 0 Å². The number of carbonyl (C=O) groups is 1. The van der Waals surface area contributed by atoms with Gasteiger partial charge in [-0.25, -0.2) is 0 Å². The number of ketones is 1. The molecule has 1 aromatic rings. The molecule has 5 atom stereocenters. The van der Waals surface area contributed by atoms with Gasteiger partial charge in [0.15, 0.2) is 5.78 Å². The normalized spacial score (nSPS) is 32.8. The summed E-state index contributed by atoms with van der Waals surface area (Å²) >= 11 is 6.54. The molecular formula is C30H37ClO2. The molecule has 1 aromatic carbocycles. The Kier molecular flexibility index (Phi) is 6.95. The number of halogens is 1. The van der Waals surface area contributed by atoms with Crippen molar-refractivity contribution in [1.29, 1.82) is 0 Å². The Morgan fingerprint density at radius 1 is 1.18 bits per heavy atom. The van der Waals surface area contributed by atoms with Crippen molar-refractivity contribution in [1.82, 2.24) is 0 Å². The topological polar surface area (TPSA) is 37.3 Å². The van der Waals surface area contributed by atoms with E-state index in [1.54, 1.807) is 12.5 Å². The van der Waals surface area contributed by atoms with E-state index in [-0.39, 0.29) is 17.3 Å². The van der Waals surface area contributed by atoms with E-state index in [9.17, 15) is 9.90 Å². The van der Waals surface area contributed by atoms with Crippen molar-refractivity contribution in [2.45, 2.75) is 90.6 Å². The molecule has 4 aliphatic carbocycles. The van der Waals surface area contributed by atoms with E-state index in [1.165, 1.54) is 22.3 Å². The first-order valence-electron chi connectivity index (χ1n) is 12.5. The molecule has 5 rings (SSSR count). The Bertz CT molecular complexity index is 1040. The van der Waals surface area contributed by atoms with Crippen molar-refractivity contribution in [3.8, 4) is 12.3 Å². The Morgan fingerprint density at radius 2 is 1.91 bits per heavy atom. The van der Waals surface area contributed by atoms with Crippen LogP contribution in [-0.4, -0.2) is 17.0 Å². The summed E-state index contributed by atoms with van der Waals surface area (Å²) in [6.07, 6.45) is 13.0. The second-order valence-electron chi connectivity index (χ2n) is 10.9. The van der Waals surface area contributed by atoms with Gasteiger partial charge in [0.25, 0.3) is 0 Å². The van der Waals surface area contributed by atoms with Gasteiger partial charge < -0.3 is 5.11 Å². The SMILES string of the molecule is C#CC.CC(C)c1cc(C2CC3(C)C(O)CCC3C3CCC4=CC(=O)CCC4=C23)ccc1Cl. The van der Waals surface area contributed by atoms with E-state index in [2.05, 4.69) is 51.3 Å². The number of benzene rings is 1. The third kappa shape index (κ3) is 4.24. The fourth-order valence-electron chi connectivity index (χ4n) is 7.15. The minimum atomic E-state index is -0.210. The molecule has 0 aliphatic heterocycles. The van der Waals surface area contributed by atoms with E-state index in [0.717, 1.165) is 43.5 Å². The zero-order valence-corrected chi connectivity index (χ0v) is 21.2. The molecule has 2 saturated carbocycles. The predicted molar refractivity (Wildman–Crippen MR) is 136 cm³/mol. The molecule has 4 aliphatic rings. The molecule has 0 heterocycles. The molecule has 33 heavy (non-hydrogen) atoms. The Hall–Kier alpha value is -1.82. The molecule has 0 bridgehead atoms. The molecule has 0 aromatic heterocycles. The van der Waals surface area contributed by atoms with Gasteiger partial charge in [0, 0.05) is 17.4 Å². The van der Waals surface area contributed by atoms with Crippen molar-refractivity contribution < 1.29 is 9.90 Å². The maximum atomic E-state index is 12.1. The molecule has 2 nitrogen and oxygen atoms in total. The zero-order chi connectivity index (χ0) is 23.9. The molecule has 0 spiro atoms. The van der Waals surface area contributed by atoms with Gasteiger partial charge >= 0.3 is 0 Å². The predicted octanol–water partition coefficient (Wildman–Crippen LogP) is 7.36. The lowest BCUT2D eigenvalue weighted by Gasteiger charge is -2.52. The smallest absolute Gasteiger partial charge is 0.156 e. The summed E-state index contributed by atoms with van der Waals surface area (Å²) < 4.78 is 0. The quantitative estimate of drug-likeness (QED) is 0.464. The van der Waals surface area contributed by atoms with Crippen LogP contribution in [0.4, 0.5) is 0 Å². The van der Waals surface area contributed by atoms with Gasteiger partial charge in [-0.05, 0) is 103 Å². The largest absolute Gasteiger partial charge is 0.393 e. The minimum Gasteiger partial charge on any atom is -0.393 e. The van der Waals surface area contributed by atoms with Crippen LogP contribution in [0.15, 0.2) is 41.0 Å². The fourth-order valence-corrected chi connectivity index (χ4v) is 7.49. The van der Waals surface area contributed by atoms with Gasteiger partial charge in [0.1, 0.15) is 0 Å². The maximum Gasteiger partial charge on any atom is 0.156 e. The van der Waals surface area contributed by atoms with Crippen molar-refractivity contribution in [2.24, 2.45) is 17.3 Å². The highest BCUT2D eigenvalue weighted by Gasteiger charge is 2.56. The molecule has 0 amide bonds. The summed E-state index contributed by atoms with van der Waals surface area (Å²) in [5, 5.41) is 11.8. The average Bonchev–Trinajstić information content (AvgIpc) is 3.08. The van der Waals surface area contributed by atoms with Gasteiger partial charge in [-0.15, -0.1) is 12.3 Å². The number of terminal acetylenes is 1. The molecule has 5 unspecified atom stereocenters. The first-order valence-corrected chi connectivity index (χ1v) is 12.9. The van der Waals surface area contributed by atoms with Crippen LogP contribution in [-0.2, 0) is 4.79 Å². The lowest BCUT2D eigenvalue weighted by Crippen LogP contribution is -2.45. The highest BCUT2D eigenvalue weighted by atomic mass is 35.5. The summed E-state index contributed by atoms with van der Waals surface area (Å²) in [5.41, 5.74) is 6.88. The maximum absolute atomic E-state index is 12.1. The Morgan fingerprint density at radius 3 is 2.61 bits per heavy atom. The van der Waals surface area contributed by atoms with Crippen LogP contribution in [0.1, 0.15) is 95.6 Å². The van der Waals surface area contributed by atoms with Gasteiger partial charge in [-0.3, -0.25) is 4.79 Å². The number of hydrogen-bond acceptors (Lipinski definition) is 2. The second kappa shape index (κ2) is 9.44. The highest BCUT2D eigenvalue weighted by Crippen LogP contribution is 2.63. The Labute approximate surface area is 204 Å². The average molecular weight is 465 g/mol. The monoisotopic (exact) mass is 464 g/mol. The molecule has 176 valence electrons. The van der Waals surface area contributed by atoms with Crippen LogP contribution in [0, 0.1) is 29.6 Å². The number of fused-ring (bicyclic) bond motifs is 4. The number of carbonyl (C=O) groups excluding carboxylic acids is 1. The Balaban J connectivity index is 0.000000821. The van der Waals surface area contributed by atoms with Crippen LogP contribution in [0.25, 0.3) is 0 Å². The van der Waals surface area contributed by atoms with Crippen LogP contribution >= 0.6 is 11.6 Å². The van der Waals surface area contributed by atoms with E-state index in [0.29, 0.717) is 30.1 Å². The number of allylic oxidation sites excluding steroid dienone is 4. The molecule has 3 heteroatoms. The van der Waals surface area contributed by atoms with Gasteiger partial charge in [0.2, 0.25) is 0 Å². The highest BCUT2D eigenvalue weighted by molar-refractivity contribution is 6.31. The number of aliphatic hydroxyl groups excluding tert-OH is 1. The lowest BCUT2D eigenvalue weighted by molar-refractivity contribution is -0.114. The van der Waals surface area contributed by atoms with E-state index in [4.69, 9.17) is 11.6 Å². The lowest BCUT2D eigenvalue weighted by atomic mass is 9.53. The summed E-state index contributed by atoms with van der Waals surface area (Å²) in [4.78, 5) is 12.1. The summed E-state index contributed by atoms with van der Waals surface area (Å²) in [6, 6.07) is 6.59. The molecule has 1 N–H and O–H groups in total. The van der Waals surface area contributed by atoms with E-state index < -0.39 is 0 Å². The molecule has 2 fully saturated rings. The number of hydrogen-bond donors (Lipinski definition) is 1. The van der Waals surface area contributed by atoms with Crippen molar-refractivity contribution in [2.75, 3.05) is 0 Å². The summed E-state index contributed by atoms with van der Waals surface area (Å²) in [6.45, 7) is 8.38. The fraction of sp³-hybridized carbons (Fsp3) is 0.567. The van der Waals surface area contributed by atoms with Gasteiger partial charge in [-0.2, -0.15) is 0 Å². The summed E-state index contributed by atoms with van der Waals surface area (Å²) in [5.74, 6) is 4.32.